The van der Waals surface area contributed by atoms with E-state index in [9.17, 15) is 4.79 Å². The molecule has 0 amide bonds. The molecule has 1 aromatic carbocycles. The van der Waals surface area contributed by atoms with Gasteiger partial charge in [-0.3, -0.25) is 4.79 Å². The summed E-state index contributed by atoms with van der Waals surface area (Å²) in [6, 6.07) is 9.74. The van der Waals surface area contributed by atoms with Crippen LogP contribution in [0, 0.1) is 0 Å². The molecular formula is C10H12O2S. The van der Waals surface area contributed by atoms with Crippen molar-refractivity contribution in [2.45, 2.75) is 17.3 Å². The fourth-order valence-corrected chi connectivity index (χ4v) is 1.74. The van der Waals surface area contributed by atoms with Gasteiger partial charge in [0.2, 0.25) is 0 Å². The van der Waals surface area contributed by atoms with Gasteiger partial charge in [-0.1, -0.05) is 30.0 Å². The zero-order valence-corrected chi connectivity index (χ0v) is 8.51. The minimum Gasteiger partial charge on any atom is -0.363 e. The first-order chi connectivity index (χ1) is 6.24. The summed E-state index contributed by atoms with van der Waals surface area (Å²) < 4.78 is 5.03. The summed E-state index contributed by atoms with van der Waals surface area (Å²) in [5, 5.41) is 0. The fraction of sp³-hybridized carbons (Fsp3) is 0.300. The number of carbonyl (C=O) groups excluding carboxylic acids is 1. The highest BCUT2D eigenvalue weighted by Crippen LogP contribution is 2.23. The van der Waals surface area contributed by atoms with Crippen LogP contribution >= 0.6 is 11.8 Å². The Bertz CT molecular complexity index is 272. The van der Waals surface area contributed by atoms with E-state index < -0.39 is 0 Å². The van der Waals surface area contributed by atoms with E-state index in [0.717, 1.165) is 4.90 Å². The van der Waals surface area contributed by atoms with Crippen LogP contribution in [0.2, 0.25) is 0 Å². The van der Waals surface area contributed by atoms with Crippen molar-refractivity contribution in [2.75, 3.05) is 7.11 Å². The molecule has 1 unspecified atom stereocenters. The second-order valence-corrected chi connectivity index (χ2v) is 3.74. The monoisotopic (exact) mass is 196 g/mol. The maximum absolute atomic E-state index is 11.0. The largest absolute Gasteiger partial charge is 0.363 e. The molecule has 3 heteroatoms. The zero-order chi connectivity index (χ0) is 9.68. The zero-order valence-electron chi connectivity index (χ0n) is 7.69. The molecule has 0 spiro atoms. The molecule has 0 N–H and O–H groups in total. The lowest BCUT2D eigenvalue weighted by Crippen LogP contribution is -2.15. The topological polar surface area (TPSA) is 26.3 Å². The predicted octanol–water partition coefficient (Wildman–Crippen LogP) is 2.34. The number of carbonyl (C=O) groups is 1. The van der Waals surface area contributed by atoms with E-state index >= 15 is 0 Å². The number of ketones is 1. The number of Topliss-reactive ketones (excluding diaryl/α,β-unsaturated/α-hetero) is 1. The van der Waals surface area contributed by atoms with E-state index in [1.165, 1.54) is 18.7 Å². The third-order valence-corrected chi connectivity index (χ3v) is 2.82. The molecule has 1 atom stereocenters. The Balaban J connectivity index is 2.62. The molecule has 0 radical (unpaired) electrons. The van der Waals surface area contributed by atoms with E-state index in [1.54, 1.807) is 7.11 Å². The Morgan fingerprint density at radius 3 is 2.46 bits per heavy atom. The number of hydrogen-bond donors (Lipinski definition) is 0. The normalized spacial score (nSPS) is 12.5. The standard InChI is InChI=1S/C10H12O2S/c1-8(11)10(12-2)13-9-6-4-3-5-7-9/h3-7,10H,1-2H3. The minimum absolute atomic E-state index is 0.0383. The third kappa shape index (κ3) is 3.20. The molecule has 1 aromatic rings. The molecule has 0 fully saturated rings. The lowest BCUT2D eigenvalue weighted by molar-refractivity contribution is -0.122. The first-order valence-electron chi connectivity index (χ1n) is 3.99. The Kier molecular flexibility index (Phi) is 3.99. The van der Waals surface area contributed by atoms with E-state index in [-0.39, 0.29) is 11.2 Å². The second-order valence-electron chi connectivity index (χ2n) is 2.61. The Labute approximate surface area is 82.3 Å². The van der Waals surface area contributed by atoms with Crippen molar-refractivity contribution in [2.24, 2.45) is 0 Å². The first kappa shape index (κ1) is 10.3. The smallest absolute Gasteiger partial charge is 0.169 e. The number of hydrogen-bond acceptors (Lipinski definition) is 3. The van der Waals surface area contributed by atoms with Crippen molar-refractivity contribution >= 4 is 17.5 Å². The van der Waals surface area contributed by atoms with Crippen molar-refractivity contribution in [3.05, 3.63) is 30.3 Å². The quantitative estimate of drug-likeness (QED) is 0.546. The van der Waals surface area contributed by atoms with Gasteiger partial charge < -0.3 is 4.74 Å². The maximum Gasteiger partial charge on any atom is 0.169 e. The second kappa shape index (κ2) is 5.04. The molecule has 0 saturated carbocycles. The number of ether oxygens (including phenoxy) is 1. The summed E-state index contributed by atoms with van der Waals surface area (Å²) in [6.07, 6.45) is 0. The average Bonchev–Trinajstić information content (AvgIpc) is 2.15. The van der Waals surface area contributed by atoms with Crippen LogP contribution < -0.4 is 0 Å². The highest BCUT2D eigenvalue weighted by Gasteiger charge is 2.13. The van der Waals surface area contributed by atoms with Gasteiger partial charge >= 0.3 is 0 Å². The molecule has 0 heterocycles. The average molecular weight is 196 g/mol. The van der Waals surface area contributed by atoms with Crippen LogP contribution in [-0.2, 0) is 9.53 Å². The summed E-state index contributed by atoms with van der Waals surface area (Å²) >= 11 is 1.43. The van der Waals surface area contributed by atoms with Gasteiger partial charge in [-0.15, -0.1) is 0 Å². The van der Waals surface area contributed by atoms with Crippen LogP contribution in [0.5, 0.6) is 0 Å². The highest BCUT2D eigenvalue weighted by atomic mass is 32.2. The number of benzene rings is 1. The molecule has 13 heavy (non-hydrogen) atoms. The van der Waals surface area contributed by atoms with Crippen LogP contribution in [0.25, 0.3) is 0 Å². The molecule has 0 aliphatic heterocycles. The molecule has 0 aliphatic rings. The van der Waals surface area contributed by atoms with E-state index in [1.807, 2.05) is 30.3 Å². The van der Waals surface area contributed by atoms with Crippen molar-refractivity contribution in [3.63, 3.8) is 0 Å². The Morgan fingerprint density at radius 1 is 1.38 bits per heavy atom. The minimum atomic E-state index is -0.387. The van der Waals surface area contributed by atoms with Gasteiger partial charge in [-0.2, -0.15) is 0 Å². The van der Waals surface area contributed by atoms with Gasteiger partial charge in [-0.05, 0) is 19.1 Å². The van der Waals surface area contributed by atoms with Crippen LogP contribution in [0.3, 0.4) is 0 Å². The van der Waals surface area contributed by atoms with Crippen LogP contribution in [0.1, 0.15) is 6.92 Å². The number of rotatable bonds is 4. The summed E-state index contributed by atoms with van der Waals surface area (Å²) in [5.41, 5.74) is -0.387. The summed E-state index contributed by atoms with van der Waals surface area (Å²) in [4.78, 5) is 12.1. The van der Waals surface area contributed by atoms with Gasteiger partial charge in [0.05, 0.1) is 0 Å². The third-order valence-electron chi connectivity index (χ3n) is 1.53. The molecule has 0 aromatic heterocycles. The number of methoxy groups -OCH3 is 1. The molecular weight excluding hydrogens is 184 g/mol. The van der Waals surface area contributed by atoms with Crippen molar-refractivity contribution in [1.82, 2.24) is 0 Å². The van der Waals surface area contributed by atoms with E-state index in [0.29, 0.717) is 0 Å². The molecule has 2 nitrogen and oxygen atoms in total. The summed E-state index contributed by atoms with van der Waals surface area (Å²) in [7, 11) is 1.54. The molecule has 70 valence electrons. The maximum atomic E-state index is 11.0. The lowest BCUT2D eigenvalue weighted by atomic mass is 10.4. The Morgan fingerprint density at radius 2 is 2.00 bits per heavy atom. The van der Waals surface area contributed by atoms with Crippen molar-refractivity contribution < 1.29 is 9.53 Å². The molecule has 0 saturated heterocycles. The summed E-state index contributed by atoms with van der Waals surface area (Å²) in [5.74, 6) is 0.0383. The highest BCUT2D eigenvalue weighted by molar-refractivity contribution is 8.00. The van der Waals surface area contributed by atoms with Gasteiger partial charge in [0.25, 0.3) is 0 Å². The molecule has 0 bridgehead atoms. The number of thioether (sulfide) groups is 1. The van der Waals surface area contributed by atoms with Crippen LogP contribution in [-0.4, -0.2) is 18.3 Å². The van der Waals surface area contributed by atoms with Crippen molar-refractivity contribution in [1.29, 1.82) is 0 Å². The van der Waals surface area contributed by atoms with E-state index in [4.69, 9.17) is 4.74 Å². The molecule has 0 aliphatic carbocycles. The van der Waals surface area contributed by atoms with Crippen molar-refractivity contribution in [3.8, 4) is 0 Å². The summed E-state index contributed by atoms with van der Waals surface area (Å²) in [6.45, 7) is 1.53. The lowest BCUT2D eigenvalue weighted by Gasteiger charge is -2.10. The van der Waals surface area contributed by atoms with Gasteiger partial charge in [-0.25, -0.2) is 0 Å². The molecule has 1 rings (SSSR count). The Hall–Kier alpha value is -0.800. The van der Waals surface area contributed by atoms with Crippen LogP contribution in [0.4, 0.5) is 0 Å². The van der Waals surface area contributed by atoms with Gasteiger partial charge in [0.15, 0.2) is 11.2 Å². The van der Waals surface area contributed by atoms with Gasteiger partial charge in [0.1, 0.15) is 0 Å². The predicted molar refractivity (Wildman–Crippen MR) is 53.8 cm³/mol. The SMILES string of the molecule is COC(Sc1ccccc1)C(C)=O. The van der Waals surface area contributed by atoms with Gasteiger partial charge in [0, 0.05) is 12.0 Å². The van der Waals surface area contributed by atoms with E-state index in [2.05, 4.69) is 0 Å². The fourth-order valence-electron chi connectivity index (χ4n) is 0.920. The van der Waals surface area contributed by atoms with Crippen LogP contribution in [0.15, 0.2) is 35.2 Å². The first-order valence-corrected chi connectivity index (χ1v) is 4.87.